The maximum absolute atomic E-state index is 13.7. The molecule has 2 saturated heterocycles. The third-order valence-electron chi connectivity index (χ3n) is 6.70. The van der Waals surface area contributed by atoms with Gasteiger partial charge < -0.3 is 19.9 Å². The highest BCUT2D eigenvalue weighted by Gasteiger charge is 2.28. The maximum atomic E-state index is 13.7. The molecule has 0 aliphatic carbocycles. The Morgan fingerprint density at radius 2 is 1.68 bits per heavy atom. The highest BCUT2D eigenvalue weighted by atomic mass is 19.1. The molecule has 0 bridgehead atoms. The van der Waals surface area contributed by atoms with Gasteiger partial charge in [0.15, 0.2) is 0 Å². The van der Waals surface area contributed by atoms with Gasteiger partial charge in [-0.2, -0.15) is 0 Å². The molecule has 0 unspecified atom stereocenters. The monoisotopic (exact) mass is 425 g/mol. The summed E-state index contributed by atoms with van der Waals surface area (Å²) < 4.78 is 19.2. The number of anilines is 1. The van der Waals surface area contributed by atoms with Crippen molar-refractivity contribution in [3.8, 4) is 0 Å². The van der Waals surface area contributed by atoms with Crippen molar-refractivity contribution in [3.63, 3.8) is 0 Å². The molecule has 2 fully saturated rings. The SMILES string of the molecule is CN(C1CCOCC1)C1CCN(c2ccc(C(=O)NCc3ccccc3F)cc2)CC1. The lowest BCUT2D eigenvalue weighted by atomic mass is 9.98. The molecule has 6 heteroatoms. The lowest BCUT2D eigenvalue weighted by Gasteiger charge is -2.42. The van der Waals surface area contributed by atoms with Crippen LogP contribution in [0.5, 0.6) is 0 Å². The predicted molar refractivity (Wildman–Crippen MR) is 121 cm³/mol. The summed E-state index contributed by atoms with van der Waals surface area (Å²) in [6, 6.07) is 15.5. The van der Waals surface area contributed by atoms with Crippen LogP contribution in [-0.2, 0) is 11.3 Å². The van der Waals surface area contributed by atoms with Gasteiger partial charge in [0, 0.05) is 61.7 Å². The van der Waals surface area contributed by atoms with Gasteiger partial charge >= 0.3 is 0 Å². The fourth-order valence-electron chi connectivity index (χ4n) is 4.66. The number of carbonyl (C=O) groups is 1. The average molecular weight is 426 g/mol. The molecule has 166 valence electrons. The zero-order chi connectivity index (χ0) is 21.6. The van der Waals surface area contributed by atoms with E-state index in [4.69, 9.17) is 4.74 Å². The topological polar surface area (TPSA) is 44.8 Å². The Kier molecular flexibility index (Phi) is 7.20. The van der Waals surface area contributed by atoms with Gasteiger partial charge in [0.05, 0.1) is 0 Å². The quantitative estimate of drug-likeness (QED) is 0.764. The van der Waals surface area contributed by atoms with E-state index in [1.165, 1.54) is 6.07 Å². The number of ether oxygens (including phenoxy) is 1. The van der Waals surface area contributed by atoms with Crippen molar-refractivity contribution in [1.29, 1.82) is 0 Å². The van der Waals surface area contributed by atoms with Crippen LogP contribution in [0.1, 0.15) is 41.6 Å². The molecule has 0 aromatic heterocycles. The molecule has 0 radical (unpaired) electrons. The van der Waals surface area contributed by atoms with Gasteiger partial charge in [-0.15, -0.1) is 0 Å². The minimum Gasteiger partial charge on any atom is -0.381 e. The molecule has 2 aromatic rings. The lowest BCUT2D eigenvalue weighted by Crippen LogP contribution is -2.48. The van der Waals surface area contributed by atoms with Gasteiger partial charge in [0.2, 0.25) is 0 Å². The van der Waals surface area contributed by atoms with Crippen LogP contribution in [0.3, 0.4) is 0 Å². The summed E-state index contributed by atoms with van der Waals surface area (Å²) in [6.07, 6.45) is 4.58. The van der Waals surface area contributed by atoms with Gasteiger partial charge in [-0.3, -0.25) is 4.79 Å². The summed E-state index contributed by atoms with van der Waals surface area (Å²) in [5, 5.41) is 2.80. The summed E-state index contributed by atoms with van der Waals surface area (Å²) in [4.78, 5) is 17.4. The lowest BCUT2D eigenvalue weighted by molar-refractivity contribution is 0.0244. The van der Waals surface area contributed by atoms with Crippen LogP contribution >= 0.6 is 0 Å². The van der Waals surface area contributed by atoms with Crippen LogP contribution in [-0.4, -0.2) is 56.2 Å². The molecule has 2 aliphatic rings. The van der Waals surface area contributed by atoms with Crippen LogP contribution in [0.15, 0.2) is 48.5 Å². The first kappa shape index (κ1) is 21.8. The number of halogens is 1. The second kappa shape index (κ2) is 10.2. The summed E-state index contributed by atoms with van der Waals surface area (Å²) >= 11 is 0. The van der Waals surface area contributed by atoms with Gasteiger partial charge in [0.25, 0.3) is 5.91 Å². The van der Waals surface area contributed by atoms with Crippen molar-refractivity contribution in [2.45, 2.75) is 44.3 Å². The van der Waals surface area contributed by atoms with Gasteiger partial charge in [-0.25, -0.2) is 4.39 Å². The standard InChI is InChI=1S/C25H32FN3O2/c1-28(22-12-16-31-17-13-22)21-10-14-29(15-11-21)23-8-6-19(7-9-23)25(30)27-18-20-4-2-3-5-24(20)26/h2-9,21-22H,10-18H2,1H3,(H,27,30). The van der Waals surface area contributed by atoms with Gasteiger partial charge in [-0.05, 0) is 63.1 Å². The molecule has 0 spiro atoms. The van der Waals surface area contributed by atoms with E-state index in [1.807, 2.05) is 24.3 Å². The first-order valence-corrected chi connectivity index (χ1v) is 11.3. The summed E-state index contributed by atoms with van der Waals surface area (Å²) in [7, 11) is 2.27. The zero-order valence-electron chi connectivity index (χ0n) is 18.2. The highest BCUT2D eigenvalue weighted by molar-refractivity contribution is 5.94. The minimum absolute atomic E-state index is 0.182. The number of benzene rings is 2. The van der Waals surface area contributed by atoms with E-state index in [0.717, 1.165) is 57.7 Å². The van der Waals surface area contributed by atoms with Crippen LogP contribution in [0.4, 0.5) is 10.1 Å². The predicted octanol–water partition coefficient (Wildman–Crippen LogP) is 3.84. The van der Waals surface area contributed by atoms with Crippen molar-refractivity contribution in [1.82, 2.24) is 10.2 Å². The van der Waals surface area contributed by atoms with E-state index in [1.54, 1.807) is 18.2 Å². The normalized spacial score (nSPS) is 18.4. The minimum atomic E-state index is -0.302. The summed E-state index contributed by atoms with van der Waals surface area (Å²) in [6.45, 7) is 4.00. The van der Waals surface area contributed by atoms with Gasteiger partial charge in [-0.1, -0.05) is 18.2 Å². The smallest absolute Gasteiger partial charge is 0.251 e. The van der Waals surface area contributed by atoms with E-state index in [-0.39, 0.29) is 18.3 Å². The summed E-state index contributed by atoms with van der Waals surface area (Å²) in [5.41, 5.74) is 2.23. The molecular weight excluding hydrogens is 393 g/mol. The number of rotatable bonds is 6. The van der Waals surface area contributed by atoms with E-state index in [9.17, 15) is 9.18 Å². The van der Waals surface area contributed by atoms with Crippen LogP contribution in [0, 0.1) is 5.82 Å². The van der Waals surface area contributed by atoms with Crippen LogP contribution in [0.25, 0.3) is 0 Å². The molecule has 4 rings (SSSR count). The number of nitrogens with one attached hydrogen (secondary N) is 1. The Labute approximate surface area is 184 Å². The Morgan fingerprint density at radius 1 is 1.03 bits per heavy atom. The molecule has 5 nitrogen and oxygen atoms in total. The van der Waals surface area contributed by atoms with E-state index in [2.05, 4.69) is 22.2 Å². The first-order chi connectivity index (χ1) is 15.1. The number of amides is 1. The second-order valence-corrected chi connectivity index (χ2v) is 8.55. The Balaban J connectivity index is 1.27. The third kappa shape index (κ3) is 5.43. The molecule has 2 heterocycles. The summed E-state index contributed by atoms with van der Waals surface area (Å²) in [5.74, 6) is -0.490. The molecule has 1 N–H and O–H groups in total. The van der Waals surface area contributed by atoms with E-state index >= 15 is 0 Å². The van der Waals surface area contributed by atoms with Gasteiger partial charge in [0.1, 0.15) is 5.82 Å². The molecule has 1 amide bonds. The molecule has 2 aliphatic heterocycles. The third-order valence-corrected chi connectivity index (χ3v) is 6.70. The van der Waals surface area contributed by atoms with Crippen LogP contribution in [0.2, 0.25) is 0 Å². The Bertz CT molecular complexity index is 859. The average Bonchev–Trinajstić information content (AvgIpc) is 2.84. The molecule has 2 aromatic carbocycles. The maximum Gasteiger partial charge on any atom is 0.251 e. The van der Waals surface area contributed by atoms with E-state index < -0.39 is 0 Å². The highest BCUT2D eigenvalue weighted by Crippen LogP contribution is 2.25. The Morgan fingerprint density at radius 3 is 2.35 bits per heavy atom. The number of hydrogen-bond donors (Lipinski definition) is 1. The number of piperidine rings is 1. The zero-order valence-corrected chi connectivity index (χ0v) is 18.2. The van der Waals surface area contributed by atoms with Crippen molar-refractivity contribution in [2.24, 2.45) is 0 Å². The molecule has 0 atom stereocenters. The van der Waals surface area contributed by atoms with Crippen molar-refractivity contribution >= 4 is 11.6 Å². The Hall–Kier alpha value is -2.44. The molecule has 31 heavy (non-hydrogen) atoms. The second-order valence-electron chi connectivity index (χ2n) is 8.55. The first-order valence-electron chi connectivity index (χ1n) is 11.3. The molecule has 0 saturated carbocycles. The number of nitrogens with zero attached hydrogens (tertiary/aromatic N) is 2. The fourth-order valence-corrected chi connectivity index (χ4v) is 4.66. The molecular formula is C25H32FN3O2. The van der Waals surface area contributed by atoms with Crippen molar-refractivity contribution in [2.75, 3.05) is 38.3 Å². The van der Waals surface area contributed by atoms with E-state index in [0.29, 0.717) is 23.2 Å². The van der Waals surface area contributed by atoms with Crippen molar-refractivity contribution < 1.29 is 13.9 Å². The number of hydrogen-bond acceptors (Lipinski definition) is 4. The fraction of sp³-hybridized carbons (Fsp3) is 0.480. The van der Waals surface area contributed by atoms with Crippen LogP contribution < -0.4 is 10.2 Å². The number of carbonyl (C=O) groups excluding carboxylic acids is 1. The van der Waals surface area contributed by atoms with Crippen molar-refractivity contribution in [3.05, 3.63) is 65.5 Å². The largest absolute Gasteiger partial charge is 0.381 e.